The van der Waals surface area contributed by atoms with Crippen LogP contribution in [0.1, 0.15) is 18.4 Å². The number of rotatable bonds is 6. The highest BCUT2D eigenvalue weighted by atomic mass is 32.2. The van der Waals surface area contributed by atoms with E-state index in [1.807, 2.05) is 0 Å². The highest BCUT2D eigenvalue weighted by Gasteiger charge is 2.26. The number of nitrogens with zero attached hydrogens (tertiary/aromatic N) is 1. The topological polar surface area (TPSA) is 98.7 Å². The molecule has 1 aliphatic heterocycles. The van der Waals surface area contributed by atoms with Crippen molar-refractivity contribution in [3.63, 3.8) is 0 Å². The summed E-state index contributed by atoms with van der Waals surface area (Å²) in [6.07, 6.45) is -0.434. The molecule has 1 aliphatic rings. The summed E-state index contributed by atoms with van der Waals surface area (Å²) >= 11 is 0. The van der Waals surface area contributed by atoms with Crippen molar-refractivity contribution in [3.05, 3.63) is 29.8 Å². The van der Waals surface area contributed by atoms with Gasteiger partial charge in [0.15, 0.2) is 0 Å². The highest BCUT2D eigenvalue weighted by molar-refractivity contribution is 7.89. The van der Waals surface area contributed by atoms with Gasteiger partial charge in [-0.15, -0.1) is 0 Å². The largest absolute Gasteiger partial charge is 0.391 e. The molecule has 1 aromatic rings. The second kappa shape index (κ2) is 7.60. The first-order chi connectivity index (χ1) is 11.2. The molecule has 1 heterocycles. The Morgan fingerprint density at radius 3 is 2.46 bits per heavy atom. The maximum Gasteiger partial charge on any atom is 0.242 e. The third-order valence-corrected chi connectivity index (χ3v) is 6.22. The fraction of sp³-hybridized carbons (Fsp3) is 0.562. The van der Waals surface area contributed by atoms with E-state index in [1.165, 1.54) is 26.2 Å². The predicted molar refractivity (Wildman–Crippen MR) is 91.1 cm³/mol. The van der Waals surface area contributed by atoms with Crippen LogP contribution < -0.4 is 10.6 Å². The van der Waals surface area contributed by atoms with Gasteiger partial charge in [-0.05, 0) is 24.6 Å². The molecule has 3 unspecified atom stereocenters. The van der Waals surface area contributed by atoms with E-state index in [9.17, 15) is 18.3 Å². The van der Waals surface area contributed by atoms with Crippen LogP contribution in [0.4, 0.5) is 0 Å². The van der Waals surface area contributed by atoms with Crippen molar-refractivity contribution in [3.8, 4) is 0 Å². The number of hydrogen-bond acceptors (Lipinski definition) is 5. The number of benzene rings is 1. The molecule has 134 valence electrons. The molecule has 1 fully saturated rings. The third kappa shape index (κ3) is 4.13. The Labute approximate surface area is 143 Å². The summed E-state index contributed by atoms with van der Waals surface area (Å²) in [5, 5.41) is 15.7. The lowest BCUT2D eigenvalue weighted by Crippen LogP contribution is -2.36. The molecular formula is C16H25N3O4S. The molecule has 0 bridgehead atoms. The molecule has 0 saturated carbocycles. The van der Waals surface area contributed by atoms with Gasteiger partial charge in [-0.25, -0.2) is 12.7 Å². The van der Waals surface area contributed by atoms with E-state index >= 15 is 0 Å². The summed E-state index contributed by atoms with van der Waals surface area (Å²) in [6, 6.07) is 6.34. The first-order valence-electron chi connectivity index (χ1n) is 7.92. The Morgan fingerprint density at radius 1 is 1.33 bits per heavy atom. The van der Waals surface area contributed by atoms with Crippen molar-refractivity contribution in [2.45, 2.75) is 23.8 Å². The van der Waals surface area contributed by atoms with Gasteiger partial charge in [0, 0.05) is 39.6 Å². The minimum atomic E-state index is -3.47. The molecular weight excluding hydrogens is 330 g/mol. The lowest BCUT2D eigenvalue weighted by Gasteiger charge is -2.17. The number of nitrogens with one attached hydrogen (secondary N) is 2. The van der Waals surface area contributed by atoms with Crippen molar-refractivity contribution in [1.82, 2.24) is 14.9 Å². The van der Waals surface area contributed by atoms with Crippen LogP contribution >= 0.6 is 0 Å². The third-order valence-electron chi connectivity index (χ3n) is 4.39. The zero-order valence-corrected chi connectivity index (χ0v) is 15.0. The van der Waals surface area contributed by atoms with Crippen LogP contribution in [0.2, 0.25) is 0 Å². The van der Waals surface area contributed by atoms with E-state index in [0.717, 1.165) is 9.87 Å². The fourth-order valence-corrected chi connectivity index (χ4v) is 3.50. The molecule has 8 heteroatoms. The molecule has 1 amide bonds. The number of β-amino-alcohol motifs (C(OH)–C–C–N with tert-alkyl or cyclic N) is 1. The Kier molecular flexibility index (Phi) is 5.97. The molecule has 1 aromatic carbocycles. The lowest BCUT2D eigenvalue weighted by atomic mass is 10.00. The summed E-state index contributed by atoms with van der Waals surface area (Å²) < 4.78 is 25.2. The average Bonchev–Trinajstić information content (AvgIpc) is 2.97. The second-order valence-corrected chi connectivity index (χ2v) is 8.46. The van der Waals surface area contributed by atoms with E-state index in [1.54, 1.807) is 19.1 Å². The minimum absolute atomic E-state index is 0.0220. The van der Waals surface area contributed by atoms with Crippen LogP contribution in [0.5, 0.6) is 0 Å². The Morgan fingerprint density at radius 2 is 1.96 bits per heavy atom. The van der Waals surface area contributed by atoms with Crippen LogP contribution in [0.25, 0.3) is 0 Å². The van der Waals surface area contributed by atoms with E-state index in [-0.39, 0.29) is 16.7 Å². The minimum Gasteiger partial charge on any atom is -0.391 e. The molecule has 0 radical (unpaired) electrons. The predicted octanol–water partition coefficient (Wildman–Crippen LogP) is -0.263. The van der Waals surface area contributed by atoms with Crippen molar-refractivity contribution >= 4 is 15.9 Å². The van der Waals surface area contributed by atoms with Gasteiger partial charge in [0.25, 0.3) is 0 Å². The van der Waals surface area contributed by atoms with Gasteiger partial charge in [-0.2, -0.15) is 0 Å². The number of carbonyl (C=O) groups is 1. The molecule has 0 aromatic heterocycles. The molecule has 0 spiro atoms. The van der Waals surface area contributed by atoms with Gasteiger partial charge < -0.3 is 15.7 Å². The van der Waals surface area contributed by atoms with Gasteiger partial charge in [0.1, 0.15) is 0 Å². The SMILES string of the molecule is CC(C(=O)NCC1CNCC1O)c1ccc(S(=O)(=O)N(C)C)cc1. The van der Waals surface area contributed by atoms with E-state index in [2.05, 4.69) is 10.6 Å². The van der Waals surface area contributed by atoms with Crippen molar-refractivity contribution in [1.29, 1.82) is 0 Å². The van der Waals surface area contributed by atoms with Gasteiger partial charge in [-0.3, -0.25) is 4.79 Å². The van der Waals surface area contributed by atoms with Crippen LogP contribution in [0, 0.1) is 5.92 Å². The Bertz CT molecular complexity index is 673. The van der Waals surface area contributed by atoms with Crippen LogP contribution in [-0.4, -0.2) is 63.6 Å². The quantitative estimate of drug-likeness (QED) is 0.653. The highest BCUT2D eigenvalue weighted by Crippen LogP contribution is 2.20. The summed E-state index contributed by atoms with van der Waals surface area (Å²) in [4.78, 5) is 12.5. The molecule has 0 aliphatic carbocycles. The van der Waals surface area contributed by atoms with E-state index in [0.29, 0.717) is 19.6 Å². The van der Waals surface area contributed by atoms with Crippen molar-refractivity contribution in [2.75, 3.05) is 33.7 Å². The number of carbonyl (C=O) groups excluding carboxylic acids is 1. The van der Waals surface area contributed by atoms with Crippen molar-refractivity contribution in [2.24, 2.45) is 5.92 Å². The zero-order valence-electron chi connectivity index (χ0n) is 14.2. The zero-order chi connectivity index (χ0) is 17.9. The van der Waals surface area contributed by atoms with Gasteiger partial charge in [0.05, 0.1) is 16.9 Å². The Balaban J connectivity index is 1.99. The van der Waals surface area contributed by atoms with Gasteiger partial charge in [0.2, 0.25) is 15.9 Å². The smallest absolute Gasteiger partial charge is 0.242 e. The normalized spacial score (nSPS) is 22.5. The number of amides is 1. The number of sulfonamides is 1. The molecule has 7 nitrogen and oxygen atoms in total. The maximum atomic E-state index is 12.3. The molecule has 3 N–H and O–H groups in total. The second-order valence-electron chi connectivity index (χ2n) is 6.31. The molecule has 24 heavy (non-hydrogen) atoms. The van der Waals surface area contributed by atoms with Crippen LogP contribution in [-0.2, 0) is 14.8 Å². The first kappa shape index (κ1) is 18.9. The number of hydrogen-bond donors (Lipinski definition) is 3. The number of aliphatic hydroxyl groups is 1. The summed E-state index contributed by atoms with van der Waals surface area (Å²) in [7, 11) is -0.513. The summed E-state index contributed by atoms with van der Waals surface area (Å²) in [6.45, 7) is 3.43. The monoisotopic (exact) mass is 355 g/mol. The van der Waals surface area contributed by atoms with Crippen LogP contribution in [0.15, 0.2) is 29.2 Å². The van der Waals surface area contributed by atoms with Crippen LogP contribution in [0.3, 0.4) is 0 Å². The van der Waals surface area contributed by atoms with Crippen molar-refractivity contribution < 1.29 is 18.3 Å². The lowest BCUT2D eigenvalue weighted by molar-refractivity contribution is -0.122. The first-order valence-corrected chi connectivity index (χ1v) is 9.36. The molecule has 3 atom stereocenters. The average molecular weight is 355 g/mol. The summed E-state index contributed by atoms with van der Waals surface area (Å²) in [5.41, 5.74) is 0.746. The van der Waals surface area contributed by atoms with E-state index < -0.39 is 22.0 Å². The maximum absolute atomic E-state index is 12.3. The van der Waals surface area contributed by atoms with E-state index in [4.69, 9.17) is 0 Å². The van der Waals surface area contributed by atoms with Gasteiger partial charge in [-0.1, -0.05) is 12.1 Å². The molecule has 2 rings (SSSR count). The van der Waals surface area contributed by atoms with Gasteiger partial charge >= 0.3 is 0 Å². The summed E-state index contributed by atoms with van der Waals surface area (Å²) in [5.74, 6) is -0.515. The fourth-order valence-electron chi connectivity index (χ4n) is 2.60. The molecule has 1 saturated heterocycles. The Hall–Kier alpha value is -1.48. The number of aliphatic hydroxyl groups excluding tert-OH is 1. The standard InChI is InChI=1S/C16H25N3O4S/c1-11(16(21)18-9-13-8-17-10-15(13)20)12-4-6-14(7-5-12)24(22,23)19(2)3/h4-7,11,13,15,17,20H,8-10H2,1-3H3,(H,18,21).